The van der Waals surface area contributed by atoms with Gasteiger partial charge in [-0.3, -0.25) is 9.10 Å². The second kappa shape index (κ2) is 12.9. The first-order valence-electron chi connectivity index (χ1n) is 11.6. The third-order valence-electron chi connectivity index (χ3n) is 5.57. The molecule has 5 nitrogen and oxygen atoms in total. The van der Waals surface area contributed by atoms with Crippen LogP contribution < -0.4 is 9.62 Å². The van der Waals surface area contributed by atoms with Crippen LogP contribution in [-0.2, 0) is 20.6 Å². The van der Waals surface area contributed by atoms with E-state index >= 15 is 0 Å². The van der Waals surface area contributed by atoms with Crippen LogP contribution in [-0.4, -0.2) is 33.2 Å². The number of nitrogens with zero attached hydrogens (tertiary/aromatic N) is 1. The van der Waals surface area contributed by atoms with Crippen molar-refractivity contribution in [1.82, 2.24) is 5.32 Å². The van der Waals surface area contributed by atoms with Crippen LogP contribution in [0.3, 0.4) is 0 Å². The van der Waals surface area contributed by atoms with Crippen molar-refractivity contribution in [1.29, 1.82) is 0 Å². The quantitative estimate of drug-likeness (QED) is 0.264. The van der Waals surface area contributed by atoms with Crippen LogP contribution in [0.4, 0.5) is 5.69 Å². The molecular formula is C27H30Cl2N2O3S2. The van der Waals surface area contributed by atoms with Gasteiger partial charge in [-0.2, -0.15) is 11.8 Å². The standard InChI is InChI=1S/C27H30Cl2N2O3S2/c1-19(2)22-7-9-23(10-8-22)31(36(33,34)24-11-4-20(3)5-12-24)17-27(32)30-14-15-35-18-21-6-13-25(28)26(29)16-21/h4-13,16,19H,14-15,17-18H2,1-3H3,(H,30,32). The number of benzene rings is 3. The van der Waals surface area contributed by atoms with E-state index in [9.17, 15) is 13.2 Å². The van der Waals surface area contributed by atoms with Gasteiger partial charge in [0.2, 0.25) is 5.91 Å². The Hall–Kier alpha value is -2.19. The minimum Gasteiger partial charge on any atom is -0.354 e. The van der Waals surface area contributed by atoms with Crippen LogP contribution in [0, 0.1) is 6.92 Å². The SMILES string of the molecule is Cc1ccc(S(=O)(=O)N(CC(=O)NCCSCc2ccc(Cl)c(Cl)c2)c2ccc(C(C)C)cc2)cc1. The number of hydrogen-bond donors (Lipinski definition) is 1. The number of aryl methyl sites for hydroxylation is 1. The van der Waals surface area contributed by atoms with Crippen LogP contribution in [0.2, 0.25) is 10.0 Å². The van der Waals surface area contributed by atoms with Gasteiger partial charge in [0.15, 0.2) is 0 Å². The van der Waals surface area contributed by atoms with Gasteiger partial charge in [0.1, 0.15) is 6.54 Å². The van der Waals surface area contributed by atoms with Crippen molar-refractivity contribution in [3.05, 3.63) is 93.5 Å². The summed E-state index contributed by atoms with van der Waals surface area (Å²) in [6, 6.07) is 19.4. The molecular weight excluding hydrogens is 535 g/mol. The normalized spacial score (nSPS) is 11.5. The summed E-state index contributed by atoms with van der Waals surface area (Å²) >= 11 is 13.6. The Labute approximate surface area is 228 Å². The predicted octanol–water partition coefficient (Wildman–Crippen LogP) is 6.67. The Bertz CT molecular complexity index is 1280. The molecule has 0 saturated carbocycles. The van der Waals surface area contributed by atoms with E-state index in [0.717, 1.165) is 22.4 Å². The van der Waals surface area contributed by atoms with Crippen LogP contribution in [0.25, 0.3) is 0 Å². The lowest BCUT2D eigenvalue weighted by atomic mass is 10.0. The Morgan fingerprint density at radius 3 is 2.25 bits per heavy atom. The van der Waals surface area contributed by atoms with Crippen molar-refractivity contribution in [2.24, 2.45) is 0 Å². The van der Waals surface area contributed by atoms with E-state index < -0.39 is 10.0 Å². The first-order chi connectivity index (χ1) is 17.1. The Morgan fingerprint density at radius 2 is 1.64 bits per heavy atom. The number of amides is 1. The van der Waals surface area contributed by atoms with Gasteiger partial charge in [0, 0.05) is 18.1 Å². The van der Waals surface area contributed by atoms with E-state index in [0.29, 0.717) is 33.9 Å². The number of carbonyl (C=O) groups is 1. The predicted molar refractivity (Wildman–Crippen MR) is 152 cm³/mol. The summed E-state index contributed by atoms with van der Waals surface area (Å²) in [4.78, 5) is 12.9. The third-order valence-corrected chi connectivity index (χ3v) is 9.12. The van der Waals surface area contributed by atoms with Gasteiger partial charge in [0.05, 0.1) is 20.6 Å². The number of nitrogens with one attached hydrogen (secondary N) is 1. The van der Waals surface area contributed by atoms with Crippen molar-refractivity contribution < 1.29 is 13.2 Å². The first kappa shape index (κ1) is 28.4. The fourth-order valence-corrected chi connectivity index (χ4v) is 5.99. The summed E-state index contributed by atoms with van der Waals surface area (Å²) in [6.45, 7) is 6.14. The fraction of sp³-hybridized carbons (Fsp3) is 0.296. The fourth-order valence-electron chi connectivity index (χ4n) is 3.45. The molecule has 0 saturated heterocycles. The molecule has 0 bridgehead atoms. The summed E-state index contributed by atoms with van der Waals surface area (Å²) in [5.74, 6) is 1.34. The molecule has 1 N–H and O–H groups in total. The number of rotatable bonds is 11. The van der Waals surface area contributed by atoms with Crippen molar-refractivity contribution in [3.63, 3.8) is 0 Å². The van der Waals surface area contributed by atoms with Crippen LogP contribution in [0.1, 0.15) is 36.5 Å². The molecule has 9 heteroatoms. The molecule has 0 spiro atoms. The van der Waals surface area contributed by atoms with E-state index in [2.05, 4.69) is 19.2 Å². The maximum Gasteiger partial charge on any atom is 0.264 e. The highest BCUT2D eigenvalue weighted by atomic mass is 35.5. The van der Waals surface area contributed by atoms with Crippen molar-refractivity contribution in [2.75, 3.05) is 23.1 Å². The molecule has 0 radical (unpaired) electrons. The highest BCUT2D eigenvalue weighted by molar-refractivity contribution is 7.98. The van der Waals surface area contributed by atoms with Crippen LogP contribution in [0.15, 0.2) is 71.6 Å². The molecule has 0 aliphatic rings. The van der Waals surface area contributed by atoms with Crippen molar-refractivity contribution in [3.8, 4) is 0 Å². The molecule has 36 heavy (non-hydrogen) atoms. The Morgan fingerprint density at radius 1 is 0.972 bits per heavy atom. The van der Waals surface area contributed by atoms with Crippen LogP contribution in [0.5, 0.6) is 0 Å². The highest BCUT2D eigenvalue weighted by Gasteiger charge is 2.27. The summed E-state index contributed by atoms with van der Waals surface area (Å²) in [5.41, 5.74) is 3.54. The summed E-state index contributed by atoms with van der Waals surface area (Å²) in [7, 11) is -3.93. The maximum atomic E-state index is 13.5. The van der Waals surface area contributed by atoms with E-state index in [1.165, 1.54) is 4.31 Å². The minimum atomic E-state index is -3.93. The largest absolute Gasteiger partial charge is 0.354 e. The Kier molecular flexibility index (Phi) is 10.1. The highest BCUT2D eigenvalue weighted by Crippen LogP contribution is 2.27. The number of anilines is 1. The second-order valence-corrected chi connectivity index (χ2v) is 12.5. The number of halogens is 2. The third kappa shape index (κ3) is 7.65. The minimum absolute atomic E-state index is 0.144. The first-order valence-corrected chi connectivity index (χ1v) is 14.9. The number of thioether (sulfide) groups is 1. The molecule has 0 unspecified atom stereocenters. The lowest BCUT2D eigenvalue weighted by Gasteiger charge is -2.24. The second-order valence-electron chi connectivity index (χ2n) is 8.72. The molecule has 3 aromatic carbocycles. The Balaban J connectivity index is 1.66. The molecule has 0 atom stereocenters. The summed E-state index contributed by atoms with van der Waals surface area (Å²) in [6.07, 6.45) is 0. The van der Waals surface area contributed by atoms with Gasteiger partial charge in [-0.1, -0.05) is 72.9 Å². The average Bonchev–Trinajstić information content (AvgIpc) is 2.84. The zero-order valence-electron chi connectivity index (χ0n) is 20.5. The van der Waals surface area contributed by atoms with E-state index in [4.69, 9.17) is 23.2 Å². The van der Waals surface area contributed by atoms with Crippen LogP contribution >= 0.6 is 35.0 Å². The smallest absolute Gasteiger partial charge is 0.264 e. The van der Waals surface area contributed by atoms with E-state index in [1.807, 2.05) is 31.2 Å². The van der Waals surface area contributed by atoms with Gasteiger partial charge < -0.3 is 5.32 Å². The van der Waals surface area contributed by atoms with Crippen molar-refractivity contribution in [2.45, 2.75) is 37.3 Å². The molecule has 0 aromatic heterocycles. The molecule has 0 fully saturated rings. The lowest BCUT2D eigenvalue weighted by molar-refractivity contribution is -0.119. The average molecular weight is 566 g/mol. The molecule has 0 heterocycles. The monoisotopic (exact) mass is 564 g/mol. The molecule has 1 amide bonds. The lowest BCUT2D eigenvalue weighted by Crippen LogP contribution is -2.41. The van der Waals surface area contributed by atoms with Gasteiger partial charge in [-0.15, -0.1) is 0 Å². The van der Waals surface area contributed by atoms with Gasteiger partial charge in [-0.05, 0) is 60.4 Å². The molecule has 3 aromatic rings. The van der Waals surface area contributed by atoms with E-state index in [1.54, 1.807) is 54.2 Å². The van der Waals surface area contributed by atoms with Gasteiger partial charge in [-0.25, -0.2) is 8.42 Å². The molecule has 0 aliphatic heterocycles. The number of sulfonamides is 1. The van der Waals surface area contributed by atoms with E-state index in [-0.39, 0.29) is 17.3 Å². The van der Waals surface area contributed by atoms with Gasteiger partial charge >= 0.3 is 0 Å². The molecule has 192 valence electrons. The summed E-state index contributed by atoms with van der Waals surface area (Å²) in [5, 5.41) is 3.87. The molecule has 3 rings (SSSR count). The zero-order chi connectivity index (χ0) is 26.3. The molecule has 0 aliphatic carbocycles. The zero-order valence-corrected chi connectivity index (χ0v) is 23.6. The van der Waals surface area contributed by atoms with Crippen molar-refractivity contribution >= 4 is 56.6 Å². The topological polar surface area (TPSA) is 66.5 Å². The number of carbonyl (C=O) groups excluding carboxylic acids is 1. The number of hydrogen-bond acceptors (Lipinski definition) is 4. The summed E-state index contributed by atoms with van der Waals surface area (Å²) < 4.78 is 28.2. The van der Waals surface area contributed by atoms with Gasteiger partial charge in [0.25, 0.3) is 10.0 Å². The maximum absolute atomic E-state index is 13.5.